The lowest BCUT2D eigenvalue weighted by Crippen LogP contribution is -1.86. The van der Waals surface area contributed by atoms with Gasteiger partial charge >= 0.3 is 0 Å². The van der Waals surface area contributed by atoms with Gasteiger partial charge < -0.3 is 5.41 Å². The molecule has 0 aliphatic heterocycles. The van der Waals surface area contributed by atoms with Crippen LogP contribution in [0.15, 0.2) is 187 Å². The fraction of sp³-hybridized carbons (Fsp3) is 0.143. The van der Waals surface area contributed by atoms with Crippen LogP contribution >= 0.6 is 11.3 Å². The maximum absolute atomic E-state index is 5.50. The molecule has 0 unspecified atom stereocenters. The number of thiophene rings is 1. The second kappa shape index (κ2) is 23.7. The first-order chi connectivity index (χ1) is 25.3. The molecule has 3 heteroatoms. The summed E-state index contributed by atoms with van der Waals surface area (Å²) in [6, 6.07) is 32.5. The zero-order valence-corrected chi connectivity index (χ0v) is 32.5. The van der Waals surface area contributed by atoms with Gasteiger partial charge in [-0.15, -0.1) is 11.3 Å². The van der Waals surface area contributed by atoms with Crippen LogP contribution in [0.1, 0.15) is 50.8 Å². The second-order valence-electron chi connectivity index (χ2n) is 11.9. The summed E-state index contributed by atoms with van der Waals surface area (Å²) in [5, 5.41) is 8.25. The third kappa shape index (κ3) is 13.2. The molecule has 0 radical (unpaired) electrons. The van der Waals surface area contributed by atoms with E-state index in [1.807, 2.05) is 62.5 Å². The van der Waals surface area contributed by atoms with Crippen LogP contribution in [-0.2, 0) is 6.54 Å². The van der Waals surface area contributed by atoms with Gasteiger partial charge in [0.2, 0.25) is 0 Å². The summed E-state index contributed by atoms with van der Waals surface area (Å²) >= 11 is 1.87. The highest BCUT2D eigenvalue weighted by Crippen LogP contribution is 2.39. The first-order valence-electron chi connectivity index (χ1n) is 17.4. The molecule has 0 saturated heterocycles. The number of benzene rings is 4. The quantitative estimate of drug-likeness (QED) is 0.105. The van der Waals surface area contributed by atoms with E-state index in [2.05, 4.69) is 161 Å². The number of aliphatic imine (C=N–C) groups is 1. The SMILES string of the molecule is C=C/C=C\C=C(/C)C(=C)/C=C(/C)C=C.C=N.C=NCc1cccc(C(/C=C\C)=C/CC)c1.Cc1ccc(-c2cccc3sc4ccccc4c23)cc1. The Morgan fingerprint density at radius 2 is 1.56 bits per heavy atom. The van der Waals surface area contributed by atoms with Gasteiger partial charge in [0.25, 0.3) is 0 Å². The minimum atomic E-state index is 0.684. The molecule has 0 spiro atoms. The lowest BCUT2D eigenvalue weighted by Gasteiger charge is -2.05. The highest BCUT2D eigenvalue weighted by Gasteiger charge is 2.10. The van der Waals surface area contributed by atoms with Gasteiger partial charge in [0.05, 0.1) is 6.54 Å². The van der Waals surface area contributed by atoms with Crippen molar-refractivity contribution < 1.29 is 0 Å². The topological polar surface area (TPSA) is 36.2 Å². The van der Waals surface area contributed by atoms with Crippen LogP contribution in [0.2, 0.25) is 0 Å². The molecule has 4 aromatic carbocycles. The summed E-state index contributed by atoms with van der Waals surface area (Å²) in [4.78, 5) is 3.91. The number of hydrogen-bond acceptors (Lipinski definition) is 3. The standard InChI is InChI=1S/C19H14S.C15H19N.C14H18.CH3N/c1-13-9-11-14(12-10-13)15-6-4-8-18-19(15)16-5-2-3-7-17(16)20-18;1-4-7-14(8-5-2)15-10-6-9-13(11-15)12-16-3;1-6-8-9-10-13(4)14(5)11-12(3)7-2;1-2/h2-12H,1H3;4,6-11H,3,5,12H2,1-2H3;6-11H,1-2,5H2,3-4H3;2H,1H2/b;7-4-,14-8+;9-8-,12-11-,13-10+;. The molecule has 1 aromatic heterocycles. The van der Waals surface area contributed by atoms with Crippen molar-refractivity contribution in [2.75, 3.05) is 0 Å². The first kappa shape index (κ1) is 42.5. The van der Waals surface area contributed by atoms with Crippen LogP contribution in [0.25, 0.3) is 36.9 Å². The number of hydrogen-bond donors (Lipinski definition) is 1. The Morgan fingerprint density at radius 1 is 0.865 bits per heavy atom. The molecule has 266 valence electrons. The molecule has 0 fully saturated rings. The molecule has 2 nitrogen and oxygen atoms in total. The Labute approximate surface area is 317 Å². The molecule has 1 heterocycles. The number of rotatable bonds is 11. The third-order valence-corrected chi connectivity index (χ3v) is 9.05. The van der Waals surface area contributed by atoms with Crippen molar-refractivity contribution in [3.8, 4) is 11.1 Å². The average molecular weight is 703 g/mol. The molecule has 5 rings (SSSR count). The van der Waals surface area contributed by atoms with Crippen LogP contribution in [0.5, 0.6) is 0 Å². The van der Waals surface area contributed by atoms with Crippen molar-refractivity contribution >= 4 is 50.5 Å². The van der Waals surface area contributed by atoms with Gasteiger partial charge in [-0.2, -0.15) is 0 Å². The lowest BCUT2D eigenvalue weighted by atomic mass is 9.99. The zero-order chi connectivity index (χ0) is 38.3. The molecular formula is C49H54N2S. The third-order valence-electron chi connectivity index (χ3n) is 7.91. The summed E-state index contributed by atoms with van der Waals surface area (Å²) < 4.78 is 2.73. The highest BCUT2D eigenvalue weighted by atomic mass is 32.1. The molecular weight excluding hydrogens is 649 g/mol. The largest absolute Gasteiger partial charge is 0.317 e. The molecule has 5 aromatic rings. The predicted molar refractivity (Wildman–Crippen MR) is 238 cm³/mol. The van der Waals surface area contributed by atoms with Gasteiger partial charge in [-0.3, -0.25) is 4.99 Å². The number of fused-ring (bicyclic) bond motifs is 3. The molecule has 0 saturated carbocycles. The summed E-state index contributed by atoms with van der Waals surface area (Å²) in [5.74, 6) is 0. The second-order valence-corrected chi connectivity index (χ2v) is 13.0. The Kier molecular flexibility index (Phi) is 19.4. The molecule has 52 heavy (non-hydrogen) atoms. The van der Waals surface area contributed by atoms with Crippen LogP contribution in [0.3, 0.4) is 0 Å². The van der Waals surface area contributed by atoms with Crippen molar-refractivity contribution in [2.24, 2.45) is 4.99 Å². The Morgan fingerprint density at radius 3 is 2.21 bits per heavy atom. The summed E-state index contributed by atoms with van der Waals surface area (Å²) in [5.41, 5.74) is 10.9. The van der Waals surface area contributed by atoms with Gasteiger partial charge in [0.1, 0.15) is 0 Å². The van der Waals surface area contributed by atoms with Crippen LogP contribution in [-0.4, -0.2) is 13.4 Å². The normalized spacial score (nSPS) is 11.6. The minimum absolute atomic E-state index is 0.684. The Balaban J connectivity index is 0.000000269. The number of nitrogens with zero attached hydrogens (tertiary/aromatic N) is 1. The molecule has 1 N–H and O–H groups in total. The van der Waals surface area contributed by atoms with Crippen molar-refractivity contribution in [1.82, 2.24) is 0 Å². The van der Waals surface area contributed by atoms with E-state index in [1.165, 1.54) is 53.6 Å². The zero-order valence-electron chi connectivity index (χ0n) is 31.7. The van der Waals surface area contributed by atoms with Gasteiger partial charge in [-0.05, 0) is 105 Å². The maximum Gasteiger partial charge on any atom is 0.0632 e. The van der Waals surface area contributed by atoms with Crippen LogP contribution in [0.4, 0.5) is 0 Å². The minimum Gasteiger partial charge on any atom is -0.317 e. The van der Waals surface area contributed by atoms with E-state index >= 15 is 0 Å². The monoisotopic (exact) mass is 702 g/mol. The van der Waals surface area contributed by atoms with Gasteiger partial charge in [-0.1, -0.05) is 165 Å². The van der Waals surface area contributed by atoms with E-state index in [9.17, 15) is 0 Å². The van der Waals surface area contributed by atoms with Crippen molar-refractivity contribution in [2.45, 2.75) is 47.6 Å². The summed E-state index contributed by atoms with van der Waals surface area (Å²) in [7, 11) is 0. The van der Waals surface area contributed by atoms with E-state index in [0.717, 1.165) is 23.1 Å². The van der Waals surface area contributed by atoms with E-state index in [1.54, 1.807) is 6.08 Å². The predicted octanol–water partition coefficient (Wildman–Crippen LogP) is 14.9. The lowest BCUT2D eigenvalue weighted by molar-refractivity contribution is 1.08. The highest BCUT2D eigenvalue weighted by molar-refractivity contribution is 7.25. The van der Waals surface area contributed by atoms with E-state index < -0.39 is 0 Å². The van der Waals surface area contributed by atoms with E-state index in [-0.39, 0.29) is 0 Å². The average Bonchev–Trinajstić information content (AvgIpc) is 3.56. The van der Waals surface area contributed by atoms with E-state index in [4.69, 9.17) is 5.41 Å². The fourth-order valence-electron chi connectivity index (χ4n) is 5.24. The van der Waals surface area contributed by atoms with Gasteiger partial charge in [0.15, 0.2) is 0 Å². The molecule has 0 amide bonds. The number of nitrogens with one attached hydrogen (secondary N) is 1. The first-order valence-corrected chi connectivity index (χ1v) is 18.2. The summed E-state index contributed by atoms with van der Waals surface area (Å²) in [6.07, 6.45) is 18.9. The Hall–Kier alpha value is -5.64. The molecule has 0 bridgehead atoms. The smallest absolute Gasteiger partial charge is 0.0632 e. The molecule has 0 atom stereocenters. The maximum atomic E-state index is 5.50. The molecule has 0 aliphatic carbocycles. The number of aryl methyl sites for hydroxylation is 1. The van der Waals surface area contributed by atoms with Gasteiger partial charge in [-0.25, -0.2) is 0 Å². The van der Waals surface area contributed by atoms with Crippen LogP contribution < -0.4 is 0 Å². The fourth-order valence-corrected chi connectivity index (χ4v) is 6.37. The van der Waals surface area contributed by atoms with Crippen molar-refractivity contribution in [1.29, 1.82) is 5.41 Å². The Bertz CT molecular complexity index is 2080. The van der Waals surface area contributed by atoms with Gasteiger partial charge in [0, 0.05) is 20.2 Å². The van der Waals surface area contributed by atoms with Crippen molar-refractivity contribution in [3.63, 3.8) is 0 Å². The number of allylic oxidation sites excluding steroid dienone is 13. The van der Waals surface area contributed by atoms with Crippen LogP contribution in [0, 0.1) is 12.3 Å². The summed E-state index contributed by atoms with van der Waals surface area (Å²) in [6.45, 7) is 28.3. The van der Waals surface area contributed by atoms with E-state index in [0.29, 0.717) is 6.54 Å². The van der Waals surface area contributed by atoms with Crippen molar-refractivity contribution in [3.05, 3.63) is 199 Å². The molecule has 0 aliphatic rings.